The highest BCUT2D eigenvalue weighted by molar-refractivity contribution is 6.31. The minimum absolute atomic E-state index is 0.566. The van der Waals surface area contributed by atoms with Crippen LogP contribution in [0.4, 0.5) is 0 Å². The van der Waals surface area contributed by atoms with Crippen LogP contribution in [0.1, 0.15) is 31.7 Å². The standard InChI is InChI=1S/C15H22ClNO2/c1-2-8-18-9-10-19-15-5-3-4-14(16)13(15)11-17-12-6-7-12/h3-5,12,17H,2,6-11H2,1H3. The second kappa shape index (κ2) is 7.73. The SMILES string of the molecule is CCCOCCOc1cccc(Cl)c1CNC1CC1. The second-order valence-corrected chi connectivity index (χ2v) is 5.24. The predicted octanol–water partition coefficient (Wildman–Crippen LogP) is 3.40. The number of rotatable bonds is 9. The Balaban J connectivity index is 1.84. The quantitative estimate of drug-likeness (QED) is 0.705. The van der Waals surface area contributed by atoms with E-state index in [-0.39, 0.29) is 0 Å². The molecule has 2 rings (SSSR count). The van der Waals surface area contributed by atoms with Crippen LogP contribution in [0.5, 0.6) is 5.75 Å². The Kier molecular flexibility index (Phi) is 5.95. The van der Waals surface area contributed by atoms with Gasteiger partial charge in [0.2, 0.25) is 0 Å². The zero-order valence-electron chi connectivity index (χ0n) is 11.5. The third kappa shape index (κ3) is 5.01. The maximum Gasteiger partial charge on any atom is 0.125 e. The van der Waals surface area contributed by atoms with Crippen LogP contribution in [0.15, 0.2) is 18.2 Å². The van der Waals surface area contributed by atoms with Gasteiger partial charge in [0.25, 0.3) is 0 Å². The van der Waals surface area contributed by atoms with E-state index < -0.39 is 0 Å². The van der Waals surface area contributed by atoms with Gasteiger partial charge in [0, 0.05) is 29.8 Å². The lowest BCUT2D eigenvalue weighted by atomic mass is 10.2. The molecule has 0 amide bonds. The highest BCUT2D eigenvalue weighted by Crippen LogP contribution is 2.28. The van der Waals surface area contributed by atoms with E-state index in [9.17, 15) is 0 Å². The van der Waals surface area contributed by atoms with Crippen LogP contribution in [0, 0.1) is 0 Å². The predicted molar refractivity (Wildman–Crippen MR) is 77.9 cm³/mol. The van der Waals surface area contributed by atoms with E-state index in [1.165, 1.54) is 12.8 Å². The Morgan fingerprint density at radius 1 is 1.26 bits per heavy atom. The average molecular weight is 284 g/mol. The van der Waals surface area contributed by atoms with E-state index in [2.05, 4.69) is 12.2 Å². The summed E-state index contributed by atoms with van der Waals surface area (Å²) >= 11 is 6.24. The monoisotopic (exact) mass is 283 g/mol. The lowest BCUT2D eigenvalue weighted by Gasteiger charge is -2.13. The van der Waals surface area contributed by atoms with Gasteiger partial charge in [0.1, 0.15) is 12.4 Å². The summed E-state index contributed by atoms with van der Waals surface area (Å²) in [6.07, 6.45) is 3.57. The van der Waals surface area contributed by atoms with Gasteiger partial charge in [-0.15, -0.1) is 0 Å². The maximum absolute atomic E-state index is 6.24. The molecule has 0 unspecified atom stereocenters. The summed E-state index contributed by atoms with van der Waals surface area (Å²) in [5.74, 6) is 0.862. The first-order valence-electron chi connectivity index (χ1n) is 7.02. The molecule has 19 heavy (non-hydrogen) atoms. The smallest absolute Gasteiger partial charge is 0.125 e. The molecule has 4 heteroatoms. The topological polar surface area (TPSA) is 30.5 Å². The van der Waals surface area contributed by atoms with Crippen LogP contribution < -0.4 is 10.1 Å². The summed E-state index contributed by atoms with van der Waals surface area (Å²) in [5.41, 5.74) is 1.05. The van der Waals surface area contributed by atoms with Crippen LogP contribution in [0.2, 0.25) is 5.02 Å². The van der Waals surface area contributed by atoms with Gasteiger partial charge in [-0.3, -0.25) is 0 Å². The number of nitrogens with one attached hydrogen (secondary N) is 1. The number of hydrogen-bond acceptors (Lipinski definition) is 3. The van der Waals surface area contributed by atoms with Crippen molar-refractivity contribution in [2.75, 3.05) is 19.8 Å². The van der Waals surface area contributed by atoms with Gasteiger partial charge in [-0.2, -0.15) is 0 Å². The van der Waals surface area contributed by atoms with Crippen LogP contribution in [-0.4, -0.2) is 25.9 Å². The fourth-order valence-corrected chi connectivity index (χ4v) is 2.07. The van der Waals surface area contributed by atoms with Crippen LogP contribution >= 0.6 is 11.6 Å². The van der Waals surface area contributed by atoms with Crippen molar-refractivity contribution in [3.05, 3.63) is 28.8 Å². The van der Waals surface area contributed by atoms with Gasteiger partial charge in [-0.05, 0) is 31.4 Å². The summed E-state index contributed by atoms with van der Waals surface area (Å²) in [7, 11) is 0. The maximum atomic E-state index is 6.24. The summed E-state index contributed by atoms with van der Waals surface area (Å²) in [6, 6.07) is 6.46. The molecule has 1 aliphatic carbocycles. The highest BCUT2D eigenvalue weighted by atomic mass is 35.5. The molecule has 0 spiro atoms. The summed E-state index contributed by atoms with van der Waals surface area (Å²) < 4.78 is 11.2. The normalized spacial score (nSPS) is 14.6. The molecule has 1 fully saturated rings. The van der Waals surface area contributed by atoms with Crippen molar-refractivity contribution in [1.29, 1.82) is 0 Å². The molecular weight excluding hydrogens is 262 g/mol. The molecule has 0 aliphatic heterocycles. The van der Waals surface area contributed by atoms with Gasteiger partial charge in [0.05, 0.1) is 6.61 Å². The van der Waals surface area contributed by atoms with Crippen molar-refractivity contribution >= 4 is 11.6 Å². The molecule has 1 aromatic rings. The molecule has 1 aliphatic rings. The first-order valence-corrected chi connectivity index (χ1v) is 7.40. The van der Waals surface area contributed by atoms with Crippen LogP contribution in [0.3, 0.4) is 0 Å². The number of benzene rings is 1. The number of halogens is 1. The molecule has 106 valence electrons. The van der Waals surface area contributed by atoms with Crippen LogP contribution in [0.25, 0.3) is 0 Å². The van der Waals surface area contributed by atoms with Crippen molar-refractivity contribution in [3.63, 3.8) is 0 Å². The van der Waals surface area contributed by atoms with E-state index in [4.69, 9.17) is 21.1 Å². The van der Waals surface area contributed by atoms with Crippen molar-refractivity contribution < 1.29 is 9.47 Å². The zero-order valence-corrected chi connectivity index (χ0v) is 12.2. The highest BCUT2D eigenvalue weighted by Gasteiger charge is 2.21. The third-order valence-electron chi connectivity index (χ3n) is 3.05. The molecule has 0 aromatic heterocycles. The molecule has 1 N–H and O–H groups in total. The van der Waals surface area contributed by atoms with Crippen LogP contribution in [-0.2, 0) is 11.3 Å². The Morgan fingerprint density at radius 2 is 2.11 bits per heavy atom. The minimum atomic E-state index is 0.566. The lowest BCUT2D eigenvalue weighted by molar-refractivity contribution is 0.100. The fourth-order valence-electron chi connectivity index (χ4n) is 1.84. The van der Waals surface area contributed by atoms with Gasteiger partial charge in [-0.25, -0.2) is 0 Å². The first-order chi connectivity index (χ1) is 9.31. The Labute approximate surface area is 120 Å². The Bertz CT molecular complexity index is 394. The van der Waals surface area contributed by atoms with Crippen molar-refractivity contribution in [1.82, 2.24) is 5.32 Å². The lowest BCUT2D eigenvalue weighted by Crippen LogP contribution is -2.17. The van der Waals surface area contributed by atoms with Crippen molar-refractivity contribution in [2.45, 2.75) is 38.8 Å². The molecule has 1 saturated carbocycles. The van der Waals surface area contributed by atoms with Gasteiger partial charge >= 0.3 is 0 Å². The van der Waals surface area contributed by atoms with Crippen molar-refractivity contribution in [2.24, 2.45) is 0 Å². The van der Waals surface area contributed by atoms with Gasteiger partial charge < -0.3 is 14.8 Å². The summed E-state index contributed by atoms with van der Waals surface area (Å²) in [5, 5.41) is 4.23. The average Bonchev–Trinajstić information content (AvgIpc) is 3.22. The number of ether oxygens (including phenoxy) is 2. The molecule has 0 bridgehead atoms. The second-order valence-electron chi connectivity index (χ2n) is 4.83. The molecular formula is C15H22ClNO2. The van der Waals surface area contributed by atoms with E-state index in [1.54, 1.807) is 0 Å². The van der Waals surface area contributed by atoms with E-state index in [1.807, 2.05) is 18.2 Å². The largest absolute Gasteiger partial charge is 0.491 e. The molecule has 0 radical (unpaired) electrons. The molecule has 0 saturated heterocycles. The summed E-state index contributed by atoms with van der Waals surface area (Å²) in [4.78, 5) is 0. The molecule has 0 atom stereocenters. The van der Waals surface area contributed by atoms with E-state index >= 15 is 0 Å². The third-order valence-corrected chi connectivity index (χ3v) is 3.41. The molecule has 1 aromatic carbocycles. The first kappa shape index (κ1) is 14.6. The molecule has 3 nitrogen and oxygen atoms in total. The number of hydrogen-bond donors (Lipinski definition) is 1. The van der Waals surface area contributed by atoms with E-state index in [0.29, 0.717) is 19.3 Å². The summed E-state index contributed by atoms with van der Waals surface area (Å²) in [6.45, 7) is 4.84. The molecule has 0 heterocycles. The van der Waals surface area contributed by atoms with Gasteiger partial charge in [0.15, 0.2) is 0 Å². The zero-order chi connectivity index (χ0) is 13.5. The van der Waals surface area contributed by atoms with E-state index in [0.717, 1.165) is 35.9 Å². The van der Waals surface area contributed by atoms with Gasteiger partial charge in [-0.1, -0.05) is 24.6 Å². The Morgan fingerprint density at radius 3 is 2.84 bits per heavy atom. The van der Waals surface area contributed by atoms with Crippen molar-refractivity contribution in [3.8, 4) is 5.75 Å². The minimum Gasteiger partial charge on any atom is -0.491 e. The fraction of sp³-hybridized carbons (Fsp3) is 0.600. The Hall–Kier alpha value is -0.770.